The van der Waals surface area contributed by atoms with Crippen LogP contribution in [-0.4, -0.2) is 60.9 Å². The number of thioether (sulfide) groups is 1. The van der Waals surface area contributed by atoms with Crippen LogP contribution < -0.4 is 15.1 Å². The van der Waals surface area contributed by atoms with Crippen LogP contribution in [-0.2, 0) is 4.79 Å². The van der Waals surface area contributed by atoms with E-state index in [1.54, 1.807) is 4.90 Å². The van der Waals surface area contributed by atoms with Gasteiger partial charge in [-0.05, 0) is 12.8 Å². The van der Waals surface area contributed by atoms with Crippen molar-refractivity contribution < 1.29 is 9.69 Å². The van der Waals surface area contributed by atoms with Crippen molar-refractivity contribution in [1.29, 1.82) is 0 Å². The molecule has 2 aliphatic rings. The predicted octanol–water partition coefficient (Wildman–Crippen LogP) is 1.79. The Morgan fingerprint density at radius 2 is 2.00 bits per heavy atom. The summed E-state index contributed by atoms with van der Waals surface area (Å²) in [5, 5.41) is 4.01. The van der Waals surface area contributed by atoms with Gasteiger partial charge in [0.05, 0.1) is 31.9 Å². The standard InChI is InChI=1S/C19H30ClN5OS/c1-24(15-7-3-2-4-8-15)17-13-16(20)22-19(23-17)27-14-18(26)21-9-12-25-10-5-6-11-25/h13,15H,2-12,14H2,1H3,(H,21,26)/p+1. The first kappa shape index (κ1) is 20.7. The van der Waals surface area contributed by atoms with Crippen molar-refractivity contribution in [3.63, 3.8) is 0 Å². The molecule has 0 aromatic carbocycles. The van der Waals surface area contributed by atoms with Crippen LogP contribution in [0.15, 0.2) is 11.2 Å². The van der Waals surface area contributed by atoms with Crippen LogP contribution in [0.25, 0.3) is 0 Å². The number of anilines is 1. The molecule has 1 saturated carbocycles. The van der Waals surface area contributed by atoms with Gasteiger partial charge in [0.15, 0.2) is 5.16 Å². The molecular formula is C19H31ClN5OS+. The molecule has 2 N–H and O–H groups in total. The summed E-state index contributed by atoms with van der Waals surface area (Å²) in [5.41, 5.74) is 0. The maximum atomic E-state index is 12.1. The van der Waals surface area contributed by atoms with E-state index in [0.29, 0.717) is 22.1 Å². The Bertz CT molecular complexity index is 620. The summed E-state index contributed by atoms with van der Waals surface area (Å²) in [6, 6.07) is 2.33. The average Bonchev–Trinajstić information content (AvgIpc) is 3.19. The van der Waals surface area contributed by atoms with Gasteiger partial charge in [0.1, 0.15) is 11.0 Å². The minimum Gasteiger partial charge on any atom is -0.357 e. The van der Waals surface area contributed by atoms with E-state index in [9.17, 15) is 4.79 Å². The summed E-state index contributed by atoms with van der Waals surface area (Å²) >= 11 is 7.56. The Labute approximate surface area is 171 Å². The molecule has 0 radical (unpaired) electrons. The lowest BCUT2D eigenvalue weighted by molar-refractivity contribution is -0.886. The van der Waals surface area contributed by atoms with E-state index in [1.807, 2.05) is 6.07 Å². The van der Waals surface area contributed by atoms with Gasteiger partial charge in [-0.15, -0.1) is 0 Å². The maximum absolute atomic E-state index is 12.1. The lowest BCUT2D eigenvalue weighted by atomic mass is 9.94. The van der Waals surface area contributed by atoms with Gasteiger partial charge in [0, 0.05) is 32.0 Å². The summed E-state index contributed by atoms with van der Waals surface area (Å²) in [7, 11) is 2.08. The van der Waals surface area contributed by atoms with E-state index in [2.05, 4.69) is 27.2 Å². The van der Waals surface area contributed by atoms with Gasteiger partial charge in [-0.1, -0.05) is 42.6 Å². The summed E-state index contributed by atoms with van der Waals surface area (Å²) < 4.78 is 0. The highest BCUT2D eigenvalue weighted by atomic mass is 35.5. The predicted molar refractivity (Wildman–Crippen MR) is 111 cm³/mol. The first-order valence-corrected chi connectivity index (χ1v) is 11.5. The normalized spacial score (nSPS) is 18.6. The van der Waals surface area contributed by atoms with Gasteiger partial charge in [0.2, 0.25) is 5.91 Å². The number of carbonyl (C=O) groups excluding carboxylic acids is 1. The van der Waals surface area contributed by atoms with Crippen LogP contribution in [0, 0.1) is 0 Å². The zero-order valence-corrected chi connectivity index (χ0v) is 17.7. The molecule has 3 rings (SSSR count). The van der Waals surface area contributed by atoms with Gasteiger partial charge < -0.3 is 15.1 Å². The van der Waals surface area contributed by atoms with Gasteiger partial charge in [-0.3, -0.25) is 4.79 Å². The number of nitrogens with one attached hydrogen (secondary N) is 2. The molecule has 1 aliphatic carbocycles. The molecule has 0 spiro atoms. The van der Waals surface area contributed by atoms with Crippen molar-refractivity contribution in [2.45, 2.75) is 56.1 Å². The van der Waals surface area contributed by atoms with E-state index in [0.717, 1.165) is 18.9 Å². The number of rotatable bonds is 8. The molecule has 6 nitrogen and oxygen atoms in total. The Kier molecular flexibility index (Phi) is 8.03. The second-order valence-corrected chi connectivity index (χ2v) is 8.91. The topological polar surface area (TPSA) is 62.6 Å². The van der Waals surface area contributed by atoms with Crippen LogP contribution in [0.5, 0.6) is 0 Å². The molecular weight excluding hydrogens is 382 g/mol. The molecule has 150 valence electrons. The number of halogens is 1. The summed E-state index contributed by atoms with van der Waals surface area (Å²) in [5.74, 6) is 1.20. The fraction of sp³-hybridized carbons (Fsp3) is 0.737. The Hall–Kier alpha value is -1.05. The summed E-state index contributed by atoms with van der Waals surface area (Å²) in [6.07, 6.45) is 8.88. The van der Waals surface area contributed by atoms with E-state index in [-0.39, 0.29) is 5.91 Å². The van der Waals surface area contributed by atoms with Crippen LogP contribution in [0.1, 0.15) is 44.9 Å². The zero-order valence-electron chi connectivity index (χ0n) is 16.2. The van der Waals surface area contributed by atoms with Gasteiger partial charge in [-0.2, -0.15) is 0 Å². The third-order valence-electron chi connectivity index (χ3n) is 5.59. The fourth-order valence-corrected chi connectivity index (χ4v) is 4.88. The molecule has 0 atom stereocenters. The average molecular weight is 413 g/mol. The largest absolute Gasteiger partial charge is 0.357 e. The van der Waals surface area contributed by atoms with E-state index >= 15 is 0 Å². The molecule has 1 saturated heterocycles. The van der Waals surface area contributed by atoms with Gasteiger partial charge >= 0.3 is 0 Å². The first-order valence-electron chi connectivity index (χ1n) is 10.1. The van der Waals surface area contributed by atoms with Crippen LogP contribution in [0.2, 0.25) is 5.15 Å². The fourth-order valence-electron chi connectivity index (χ4n) is 3.97. The van der Waals surface area contributed by atoms with Crippen LogP contribution in [0.3, 0.4) is 0 Å². The van der Waals surface area contributed by atoms with Crippen molar-refractivity contribution in [2.75, 3.05) is 43.9 Å². The van der Waals surface area contributed by atoms with Crippen LogP contribution >= 0.6 is 23.4 Å². The number of aromatic nitrogens is 2. The van der Waals surface area contributed by atoms with Crippen molar-refractivity contribution >= 4 is 35.1 Å². The second-order valence-electron chi connectivity index (χ2n) is 7.58. The lowest BCUT2D eigenvalue weighted by Gasteiger charge is -2.32. The molecule has 8 heteroatoms. The summed E-state index contributed by atoms with van der Waals surface area (Å²) in [4.78, 5) is 24.8. The van der Waals surface area contributed by atoms with Crippen molar-refractivity contribution in [3.05, 3.63) is 11.2 Å². The van der Waals surface area contributed by atoms with Crippen molar-refractivity contribution in [2.24, 2.45) is 0 Å². The number of carbonyl (C=O) groups is 1. The minimum atomic E-state index is 0.0318. The van der Waals surface area contributed by atoms with E-state index in [1.165, 1.54) is 69.8 Å². The molecule has 27 heavy (non-hydrogen) atoms. The number of quaternary nitrogens is 1. The molecule has 1 aliphatic heterocycles. The van der Waals surface area contributed by atoms with Gasteiger partial charge in [0.25, 0.3) is 0 Å². The van der Waals surface area contributed by atoms with Crippen molar-refractivity contribution in [3.8, 4) is 0 Å². The van der Waals surface area contributed by atoms with E-state index in [4.69, 9.17) is 11.6 Å². The molecule has 1 aromatic heterocycles. The van der Waals surface area contributed by atoms with Gasteiger partial charge in [-0.25, -0.2) is 9.97 Å². The number of likely N-dealkylation sites (tertiary alicyclic amines) is 1. The molecule has 1 amide bonds. The number of nitrogens with zero attached hydrogens (tertiary/aromatic N) is 3. The first-order chi connectivity index (χ1) is 13.1. The smallest absolute Gasteiger partial charge is 0.230 e. The third kappa shape index (κ3) is 6.50. The summed E-state index contributed by atoms with van der Waals surface area (Å²) in [6.45, 7) is 4.22. The zero-order chi connectivity index (χ0) is 19.1. The van der Waals surface area contributed by atoms with Crippen LogP contribution in [0.4, 0.5) is 5.82 Å². The van der Waals surface area contributed by atoms with Crippen molar-refractivity contribution in [1.82, 2.24) is 15.3 Å². The third-order valence-corrected chi connectivity index (χ3v) is 6.63. The Morgan fingerprint density at radius 1 is 1.26 bits per heavy atom. The van der Waals surface area contributed by atoms with E-state index < -0.39 is 0 Å². The number of amides is 1. The second kappa shape index (κ2) is 10.5. The Balaban J connectivity index is 1.47. The quantitative estimate of drug-likeness (QED) is 0.387. The SMILES string of the molecule is CN(c1cc(Cl)nc(SCC(=O)NCC[NH+]2CCCC2)n1)C1CCCCC1. The highest BCUT2D eigenvalue weighted by molar-refractivity contribution is 7.99. The molecule has 0 bridgehead atoms. The minimum absolute atomic E-state index is 0.0318. The number of hydrogen-bond acceptors (Lipinski definition) is 5. The Morgan fingerprint density at radius 3 is 2.74 bits per heavy atom. The molecule has 0 unspecified atom stereocenters. The lowest BCUT2D eigenvalue weighted by Crippen LogP contribution is -3.10. The monoisotopic (exact) mass is 412 g/mol. The highest BCUT2D eigenvalue weighted by Gasteiger charge is 2.20. The molecule has 2 fully saturated rings. The maximum Gasteiger partial charge on any atom is 0.230 e. The molecule has 1 aromatic rings. The molecule has 2 heterocycles. The number of hydrogen-bond donors (Lipinski definition) is 2. The highest BCUT2D eigenvalue weighted by Crippen LogP contribution is 2.27.